The van der Waals surface area contributed by atoms with Gasteiger partial charge in [-0.3, -0.25) is 4.18 Å². The van der Waals surface area contributed by atoms with Crippen LogP contribution in [0.25, 0.3) is 0 Å². The molecule has 0 unspecified atom stereocenters. The number of rotatable bonds is 7. The van der Waals surface area contributed by atoms with Crippen molar-refractivity contribution in [2.45, 2.75) is 36.7 Å². The molecule has 0 saturated carbocycles. The van der Waals surface area contributed by atoms with Crippen LogP contribution in [0.4, 0.5) is 4.79 Å². The van der Waals surface area contributed by atoms with E-state index < -0.39 is 47.0 Å². The number of amides is 1. The minimum absolute atomic E-state index is 0.0277. The summed E-state index contributed by atoms with van der Waals surface area (Å²) < 4.78 is 34.9. The van der Waals surface area contributed by atoms with Crippen LogP contribution in [0.2, 0.25) is 0 Å². The van der Waals surface area contributed by atoms with Crippen molar-refractivity contribution in [1.29, 1.82) is 0 Å². The fraction of sp³-hybridized carbons (Fsp3) is 0.409. The van der Waals surface area contributed by atoms with Crippen molar-refractivity contribution in [2.75, 3.05) is 19.7 Å². The highest BCUT2D eigenvalue weighted by Gasteiger charge is 2.41. The van der Waals surface area contributed by atoms with Gasteiger partial charge in [0.1, 0.15) is 6.61 Å². The van der Waals surface area contributed by atoms with Crippen LogP contribution in [0.5, 0.6) is 0 Å². The van der Waals surface area contributed by atoms with E-state index in [1.807, 2.05) is 13.0 Å². The first-order chi connectivity index (χ1) is 15.2. The number of likely N-dealkylation sites (tertiary alicyclic amines) is 1. The first-order valence-corrected chi connectivity index (χ1v) is 11.5. The summed E-state index contributed by atoms with van der Waals surface area (Å²) in [5.41, 5.74) is 1.66. The van der Waals surface area contributed by atoms with E-state index in [1.165, 1.54) is 17.0 Å². The van der Waals surface area contributed by atoms with Gasteiger partial charge in [-0.05, 0) is 24.6 Å². The molecule has 0 aromatic heterocycles. The van der Waals surface area contributed by atoms with Crippen molar-refractivity contribution in [3.8, 4) is 0 Å². The maximum Gasteiger partial charge on any atom is 0.410 e. The smallest absolute Gasteiger partial charge is 0.410 e. The molecule has 174 valence electrons. The SMILES string of the molecule is Cc1ccc(S(=O)(=O)OC[C@H](O)[C@@H]2CN(C(=O)OCc3ccccc3)C[C@@H](O)[C@H]2O)cc1. The highest BCUT2D eigenvalue weighted by Crippen LogP contribution is 2.23. The van der Waals surface area contributed by atoms with Crippen LogP contribution in [-0.4, -0.2) is 72.7 Å². The molecule has 3 N–H and O–H groups in total. The van der Waals surface area contributed by atoms with Gasteiger partial charge in [0.15, 0.2) is 0 Å². The average Bonchev–Trinajstić information content (AvgIpc) is 2.78. The number of benzene rings is 2. The topological polar surface area (TPSA) is 134 Å². The third-order valence-electron chi connectivity index (χ3n) is 5.33. The highest BCUT2D eigenvalue weighted by atomic mass is 32.2. The van der Waals surface area contributed by atoms with Gasteiger partial charge in [-0.15, -0.1) is 0 Å². The Kier molecular flexibility index (Phi) is 7.86. The number of hydrogen-bond acceptors (Lipinski definition) is 8. The number of aliphatic hydroxyl groups is 3. The van der Waals surface area contributed by atoms with Crippen LogP contribution < -0.4 is 0 Å². The Morgan fingerprint density at radius 2 is 1.75 bits per heavy atom. The van der Waals surface area contributed by atoms with Gasteiger partial charge in [0.25, 0.3) is 10.1 Å². The second kappa shape index (κ2) is 10.4. The number of carbonyl (C=O) groups is 1. The van der Waals surface area contributed by atoms with Crippen molar-refractivity contribution >= 4 is 16.2 Å². The molecular formula is C22H27NO8S. The number of aryl methyl sites for hydroxylation is 1. The third-order valence-corrected chi connectivity index (χ3v) is 6.63. The molecule has 4 atom stereocenters. The van der Waals surface area contributed by atoms with Crippen LogP contribution in [-0.2, 0) is 25.6 Å². The molecule has 0 aliphatic carbocycles. The molecule has 1 amide bonds. The quantitative estimate of drug-likeness (QED) is 0.517. The van der Waals surface area contributed by atoms with Crippen LogP contribution >= 0.6 is 0 Å². The van der Waals surface area contributed by atoms with E-state index >= 15 is 0 Å². The van der Waals surface area contributed by atoms with E-state index in [-0.39, 0.29) is 24.6 Å². The van der Waals surface area contributed by atoms with Crippen LogP contribution in [0.15, 0.2) is 59.5 Å². The molecule has 1 aliphatic heterocycles. The van der Waals surface area contributed by atoms with E-state index in [1.54, 1.807) is 36.4 Å². The summed E-state index contributed by atoms with van der Waals surface area (Å²) in [5, 5.41) is 30.9. The first-order valence-electron chi connectivity index (χ1n) is 10.1. The van der Waals surface area contributed by atoms with E-state index in [2.05, 4.69) is 0 Å². The molecule has 1 aliphatic rings. The molecule has 2 aromatic rings. The highest BCUT2D eigenvalue weighted by molar-refractivity contribution is 7.86. The molecule has 1 saturated heterocycles. The monoisotopic (exact) mass is 465 g/mol. The Bertz CT molecular complexity index is 996. The minimum Gasteiger partial charge on any atom is -0.445 e. The number of aliphatic hydroxyl groups excluding tert-OH is 3. The average molecular weight is 466 g/mol. The standard InChI is InChI=1S/C22H27NO8S/c1-15-7-9-17(10-8-15)32(28,29)31-14-20(25)18-11-23(12-19(24)21(18)26)22(27)30-13-16-5-3-2-4-6-16/h2-10,18-21,24-26H,11-14H2,1H3/t18-,19+,20-,21-/m0/s1. The van der Waals surface area contributed by atoms with Gasteiger partial charge in [-0.2, -0.15) is 8.42 Å². The maximum absolute atomic E-state index is 12.4. The summed E-state index contributed by atoms with van der Waals surface area (Å²) in [7, 11) is -4.12. The van der Waals surface area contributed by atoms with Crippen molar-refractivity contribution in [3.05, 3.63) is 65.7 Å². The molecule has 1 fully saturated rings. The lowest BCUT2D eigenvalue weighted by Crippen LogP contribution is -2.58. The van der Waals surface area contributed by atoms with Gasteiger partial charge in [0.05, 0.1) is 36.4 Å². The first kappa shape index (κ1) is 24.1. The largest absolute Gasteiger partial charge is 0.445 e. The third kappa shape index (κ3) is 6.05. The van der Waals surface area contributed by atoms with Gasteiger partial charge in [-0.1, -0.05) is 48.0 Å². The maximum atomic E-state index is 12.4. The lowest BCUT2D eigenvalue weighted by molar-refractivity contribution is -0.109. The molecule has 3 rings (SSSR count). The van der Waals surface area contributed by atoms with Crippen molar-refractivity contribution in [2.24, 2.45) is 5.92 Å². The second-order valence-corrected chi connectivity index (χ2v) is 9.40. The second-order valence-electron chi connectivity index (χ2n) is 7.79. The normalized spacial score (nSPS) is 22.4. The number of piperidine rings is 1. The predicted molar refractivity (Wildman–Crippen MR) is 114 cm³/mol. The number of β-amino-alcohol motifs (C(OH)–C–C–N with tert-alkyl or cyclic N) is 1. The Morgan fingerprint density at radius 1 is 1.09 bits per heavy atom. The van der Waals surface area contributed by atoms with Crippen molar-refractivity contribution in [1.82, 2.24) is 4.90 Å². The molecule has 0 radical (unpaired) electrons. The number of ether oxygens (including phenoxy) is 1. The Labute approximate surface area is 186 Å². The summed E-state index contributed by atoms with van der Waals surface area (Å²) in [6.45, 7) is 0.881. The zero-order valence-electron chi connectivity index (χ0n) is 17.6. The predicted octanol–water partition coefficient (Wildman–Crippen LogP) is 1.05. The summed E-state index contributed by atoms with van der Waals surface area (Å²) >= 11 is 0. The van der Waals surface area contributed by atoms with Crippen LogP contribution in [0.3, 0.4) is 0 Å². The molecule has 10 heteroatoms. The summed E-state index contributed by atoms with van der Waals surface area (Å²) in [6, 6.07) is 15.0. The number of nitrogens with zero attached hydrogens (tertiary/aromatic N) is 1. The fourth-order valence-corrected chi connectivity index (χ4v) is 4.35. The summed E-state index contributed by atoms with van der Waals surface area (Å²) in [4.78, 5) is 13.5. The van der Waals surface area contributed by atoms with E-state index in [0.717, 1.165) is 11.1 Å². The Hall–Kier alpha value is -2.50. The molecule has 32 heavy (non-hydrogen) atoms. The zero-order valence-corrected chi connectivity index (χ0v) is 18.4. The minimum atomic E-state index is -4.12. The van der Waals surface area contributed by atoms with Crippen molar-refractivity contribution < 1.29 is 37.5 Å². The zero-order chi connectivity index (χ0) is 23.3. The summed E-state index contributed by atoms with van der Waals surface area (Å²) in [5.74, 6) is -1.03. The van der Waals surface area contributed by atoms with Crippen LogP contribution in [0.1, 0.15) is 11.1 Å². The van der Waals surface area contributed by atoms with E-state index in [9.17, 15) is 28.5 Å². The lowest BCUT2D eigenvalue weighted by atomic mass is 9.88. The Morgan fingerprint density at radius 3 is 2.41 bits per heavy atom. The molecule has 0 spiro atoms. The fourth-order valence-electron chi connectivity index (χ4n) is 3.42. The van der Waals surface area contributed by atoms with Crippen LogP contribution in [0, 0.1) is 12.8 Å². The molecule has 9 nitrogen and oxygen atoms in total. The van der Waals surface area contributed by atoms with Gasteiger partial charge >= 0.3 is 6.09 Å². The Balaban J connectivity index is 1.59. The van der Waals surface area contributed by atoms with Gasteiger partial charge < -0.3 is 25.0 Å². The molecule has 2 aromatic carbocycles. The van der Waals surface area contributed by atoms with E-state index in [4.69, 9.17) is 8.92 Å². The molecular weight excluding hydrogens is 438 g/mol. The van der Waals surface area contributed by atoms with Gasteiger partial charge in [0.2, 0.25) is 0 Å². The number of hydrogen-bond donors (Lipinski definition) is 3. The van der Waals surface area contributed by atoms with E-state index in [0.29, 0.717) is 0 Å². The van der Waals surface area contributed by atoms with Gasteiger partial charge in [-0.25, -0.2) is 4.79 Å². The molecule has 1 heterocycles. The lowest BCUT2D eigenvalue weighted by Gasteiger charge is -2.40. The van der Waals surface area contributed by atoms with Crippen molar-refractivity contribution in [3.63, 3.8) is 0 Å². The summed E-state index contributed by atoms with van der Waals surface area (Å²) in [6.07, 6.45) is -4.87. The van der Waals surface area contributed by atoms with Gasteiger partial charge in [0, 0.05) is 12.5 Å². The number of carbonyl (C=O) groups excluding carboxylic acids is 1. The molecule has 0 bridgehead atoms.